The predicted molar refractivity (Wildman–Crippen MR) is 47.5 cm³/mol. The molecule has 0 spiro atoms. The standard InChI is InChI=1S/C7H11N3OS/c1-10(6-2-3-11-4-6)7-8-5-9-12-7/h5-6H,2-4H2,1H3. The highest BCUT2D eigenvalue weighted by molar-refractivity contribution is 7.09. The van der Waals surface area contributed by atoms with E-state index in [9.17, 15) is 0 Å². The first-order valence-corrected chi connectivity index (χ1v) is 4.72. The third kappa shape index (κ3) is 1.42. The molecule has 1 aliphatic rings. The molecule has 0 aliphatic carbocycles. The van der Waals surface area contributed by atoms with E-state index in [1.807, 2.05) is 7.05 Å². The lowest BCUT2D eigenvalue weighted by Gasteiger charge is -2.21. The Hall–Kier alpha value is -0.680. The summed E-state index contributed by atoms with van der Waals surface area (Å²) in [6.07, 6.45) is 2.68. The summed E-state index contributed by atoms with van der Waals surface area (Å²) in [5.41, 5.74) is 0. The van der Waals surface area contributed by atoms with Gasteiger partial charge in [0.1, 0.15) is 6.33 Å². The fraction of sp³-hybridized carbons (Fsp3) is 0.714. The zero-order valence-corrected chi connectivity index (χ0v) is 7.75. The van der Waals surface area contributed by atoms with Gasteiger partial charge in [-0.3, -0.25) is 0 Å². The van der Waals surface area contributed by atoms with Gasteiger partial charge in [-0.2, -0.15) is 4.37 Å². The van der Waals surface area contributed by atoms with Crippen molar-refractivity contribution in [3.8, 4) is 0 Å². The Morgan fingerprint density at radius 1 is 1.75 bits per heavy atom. The fourth-order valence-corrected chi connectivity index (χ4v) is 1.87. The summed E-state index contributed by atoms with van der Waals surface area (Å²) < 4.78 is 9.25. The zero-order chi connectivity index (χ0) is 8.39. The van der Waals surface area contributed by atoms with Crippen molar-refractivity contribution in [2.75, 3.05) is 25.2 Å². The van der Waals surface area contributed by atoms with Crippen molar-refractivity contribution in [3.63, 3.8) is 0 Å². The van der Waals surface area contributed by atoms with Crippen LogP contribution in [0, 0.1) is 0 Å². The van der Waals surface area contributed by atoms with E-state index in [1.54, 1.807) is 6.33 Å². The van der Waals surface area contributed by atoms with E-state index in [0.29, 0.717) is 6.04 Å². The summed E-state index contributed by atoms with van der Waals surface area (Å²) in [5, 5.41) is 0.977. The second kappa shape index (κ2) is 3.37. The van der Waals surface area contributed by atoms with Crippen LogP contribution in [0.3, 0.4) is 0 Å². The van der Waals surface area contributed by atoms with Crippen LogP contribution >= 0.6 is 11.5 Å². The second-order valence-electron chi connectivity index (χ2n) is 2.85. The van der Waals surface area contributed by atoms with Gasteiger partial charge in [0.2, 0.25) is 5.13 Å². The lowest BCUT2D eigenvalue weighted by molar-refractivity contribution is 0.193. The van der Waals surface area contributed by atoms with Crippen LogP contribution in [-0.2, 0) is 4.74 Å². The van der Waals surface area contributed by atoms with E-state index in [0.717, 1.165) is 24.8 Å². The summed E-state index contributed by atoms with van der Waals surface area (Å²) in [6, 6.07) is 0.484. The second-order valence-corrected chi connectivity index (χ2v) is 3.61. The molecular formula is C7H11N3OS. The van der Waals surface area contributed by atoms with Crippen LogP contribution in [0.25, 0.3) is 0 Å². The molecule has 2 rings (SSSR count). The van der Waals surface area contributed by atoms with E-state index >= 15 is 0 Å². The molecule has 0 N–H and O–H groups in total. The Labute approximate surface area is 75.3 Å². The summed E-state index contributed by atoms with van der Waals surface area (Å²) in [6.45, 7) is 1.68. The molecule has 66 valence electrons. The fourth-order valence-electron chi connectivity index (χ4n) is 1.31. The van der Waals surface area contributed by atoms with Gasteiger partial charge in [-0.25, -0.2) is 4.98 Å². The number of likely N-dealkylation sites (N-methyl/N-ethyl adjacent to an activating group) is 1. The molecule has 0 saturated carbocycles. The van der Waals surface area contributed by atoms with Gasteiger partial charge in [-0.15, -0.1) is 0 Å². The third-order valence-electron chi connectivity index (χ3n) is 2.10. The molecule has 4 nitrogen and oxygen atoms in total. The number of rotatable bonds is 2. The molecular weight excluding hydrogens is 174 g/mol. The van der Waals surface area contributed by atoms with Gasteiger partial charge in [0.05, 0.1) is 12.6 Å². The summed E-state index contributed by atoms with van der Waals surface area (Å²) >= 11 is 1.43. The number of hydrogen-bond acceptors (Lipinski definition) is 5. The van der Waals surface area contributed by atoms with Crippen molar-refractivity contribution >= 4 is 16.7 Å². The molecule has 0 aromatic carbocycles. The van der Waals surface area contributed by atoms with Gasteiger partial charge in [-0.05, 0) is 6.42 Å². The molecule has 12 heavy (non-hydrogen) atoms. The molecule has 1 aromatic heterocycles. The molecule has 0 amide bonds. The summed E-state index contributed by atoms with van der Waals surface area (Å²) in [5.74, 6) is 0. The van der Waals surface area contributed by atoms with Gasteiger partial charge in [0.15, 0.2) is 0 Å². The maximum Gasteiger partial charge on any atom is 0.204 e. The predicted octanol–water partition coefficient (Wildman–Crippen LogP) is 0.763. The number of anilines is 1. The first-order chi connectivity index (χ1) is 5.88. The highest BCUT2D eigenvalue weighted by Crippen LogP contribution is 2.19. The molecule has 0 bridgehead atoms. The minimum atomic E-state index is 0.484. The van der Waals surface area contributed by atoms with Crippen LogP contribution in [0.1, 0.15) is 6.42 Å². The van der Waals surface area contributed by atoms with Crippen molar-refractivity contribution in [1.29, 1.82) is 0 Å². The zero-order valence-electron chi connectivity index (χ0n) is 6.93. The van der Waals surface area contributed by atoms with Gasteiger partial charge >= 0.3 is 0 Å². The normalized spacial score (nSPS) is 22.9. The van der Waals surface area contributed by atoms with E-state index < -0.39 is 0 Å². The highest BCUT2D eigenvalue weighted by atomic mass is 32.1. The average Bonchev–Trinajstić information content (AvgIpc) is 2.77. The van der Waals surface area contributed by atoms with E-state index in [-0.39, 0.29) is 0 Å². The summed E-state index contributed by atoms with van der Waals surface area (Å²) in [7, 11) is 2.04. The van der Waals surface area contributed by atoms with Gasteiger partial charge < -0.3 is 9.64 Å². The molecule has 0 radical (unpaired) electrons. The molecule has 1 saturated heterocycles. The van der Waals surface area contributed by atoms with Gasteiger partial charge in [0.25, 0.3) is 0 Å². The van der Waals surface area contributed by atoms with Crippen molar-refractivity contribution in [1.82, 2.24) is 9.36 Å². The first-order valence-electron chi connectivity index (χ1n) is 3.95. The Kier molecular flexibility index (Phi) is 2.23. The van der Waals surface area contributed by atoms with E-state index in [2.05, 4.69) is 14.3 Å². The molecule has 5 heteroatoms. The number of ether oxygens (including phenoxy) is 1. The van der Waals surface area contributed by atoms with Crippen LogP contribution in [0.4, 0.5) is 5.13 Å². The van der Waals surface area contributed by atoms with Crippen LogP contribution < -0.4 is 4.90 Å². The van der Waals surface area contributed by atoms with Crippen LogP contribution in [0.2, 0.25) is 0 Å². The molecule has 2 heterocycles. The maximum atomic E-state index is 5.29. The maximum absolute atomic E-state index is 5.29. The van der Waals surface area contributed by atoms with Crippen molar-refractivity contribution in [3.05, 3.63) is 6.33 Å². The third-order valence-corrected chi connectivity index (χ3v) is 2.86. The minimum absolute atomic E-state index is 0.484. The average molecular weight is 185 g/mol. The monoisotopic (exact) mass is 185 g/mol. The Morgan fingerprint density at radius 2 is 2.67 bits per heavy atom. The topological polar surface area (TPSA) is 38.2 Å². The largest absolute Gasteiger partial charge is 0.379 e. The number of aromatic nitrogens is 2. The molecule has 1 aromatic rings. The Morgan fingerprint density at radius 3 is 3.25 bits per heavy atom. The van der Waals surface area contributed by atoms with Crippen molar-refractivity contribution in [2.24, 2.45) is 0 Å². The van der Waals surface area contributed by atoms with E-state index in [4.69, 9.17) is 4.74 Å². The summed E-state index contributed by atoms with van der Waals surface area (Å²) in [4.78, 5) is 6.28. The van der Waals surface area contributed by atoms with Crippen LogP contribution in [0.5, 0.6) is 0 Å². The molecule has 1 fully saturated rings. The van der Waals surface area contributed by atoms with Crippen LogP contribution in [0.15, 0.2) is 6.33 Å². The lowest BCUT2D eigenvalue weighted by Crippen LogP contribution is -2.31. The number of nitrogens with zero attached hydrogens (tertiary/aromatic N) is 3. The Balaban J connectivity index is 2.04. The van der Waals surface area contributed by atoms with E-state index in [1.165, 1.54) is 11.5 Å². The van der Waals surface area contributed by atoms with Gasteiger partial charge in [-0.1, -0.05) is 0 Å². The first kappa shape index (κ1) is 7.94. The quantitative estimate of drug-likeness (QED) is 0.682. The highest BCUT2D eigenvalue weighted by Gasteiger charge is 2.21. The SMILES string of the molecule is CN(c1ncns1)C1CCOC1. The Bertz CT molecular complexity index is 233. The molecule has 1 atom stereocenters. The lowest BCUT2D eigenvalue weighted by atomic mass is 10.2. The number of hydrogen-bond donors (Lipinski definition) is 0. The van der Waals surface area contributed by atoms with Crippen molar-refractivity contribution < 1.29 is 4.74 Å². The smallest absolute Gasteiger partial charge is 0.204 e. The van der Waals surface area contributed by atoms with Crippen molar-refractivity contribution in [2.45, 2.75) is 12.5 Å². The molecule has 1 aliphatic heterocycles. The van der Waals surface area contributed by atoms with Gasteiger partial charge in [0, 0.05) is 25.2 Å². The molecule has 1 unspecified atom stereocenters. The minimum Gasteiger partial charge on any atom is -0.379 e. The van der Waals surface area contributed by atoms with Crippen LogP contribution in [-0.4, -0.2) is 35.7 Å².